The molecule has 2 rings (SSSR count). The SMILES string of the molecule is CC(Nc1cc([N+](=O)[O-])ccn1)c1cccnc1. The maximum absolute atomic E-state index is 10.6. The summed E-state index contributed by atoms with van der Waals surface area (Å²) in [7, 11) is 0. The lowest BCUT2D eigenvalue weighted by molar-refractivity contribution is -0.384. The van der Waals surface area contributed by atoms with E-state index >= 15 is 0 Å². The molecule has 0 spiro atoms. The predicted molar refractivity (Wildman–Crippen MR) is 67.2 cm³/mol. The average molecular weight is 244 g/mol. The van der Waals surface area contributed by atoms with Crippen LogP contribution in [0.5, 0.6) is 0 Å². The van der Waals surface area contributed by atoms with Crippen molar-refractivity contribution in [2.75, 3.05) is 5.32 Å². The van der Waals surface area contributed by atoms with E-state index in [1.165, 1.54) is 18.3 Å². The standard InChI is InChI=1S/C12H12N4O2/c1-9(10-3-2-5-13-8-10)15-12-7-11(16(17)18)4-6-14-12/h2-9H,1H3,(H,14,15). The molecule has 6 heteroatoms. The smallest absolute Gasteiger partial charge is 0.274 e. The van der Waals surface area contributed by atoms with Crippen LogP contribution in [0.3, 0.4) is 0 Å². The van der Waals surface area contributed by atoms with E-state index in [1.807, 2.05) is 19.1 Å². The van der Waals surface area contributed by atoms with Gasteiger partial charge in [-0.05, 0) is 18.6 Å². The maximum atomic E-state index is 10.6. The molecule has 2 heterocycles. The number of nitrogens with zero attached hydrogens (tertiary/aromatic N) is 3. The molecule has 0 aliphatic rings. The van der Waals surface area contributed by atoms with Crippen LogP contribution >= 0.6 is 0 Å². The van der Waals surface area contributed by atoms with E-state index in [9.17, 15) is 10.1 Å². The number of aromatic nitrogens is 2. The molecule has 0 fully saturated rings. The summed E-state index contributed by atoms with van der Waals surface area (Å²) in [6, 6.07) is 6.52. The second kappa shape index (κ2) is 5.22. The third kappa shape index (κ3) is 2.79. The van der Waals surface area contributed by atoms with Crippen LogP contribution in [0.1, 0.15) is 18.5 Å². The first kappa shape index (κ1) is 12.0. The molecule has 0 aliphatic heterocycles. The summed E-state index contributed by atoms with van der Waals surface area (Å²) in [5.74, 6) is 0.473. The van der Waals surface area contributed by atoms with Crippen molar-refractivity contribution in [1.82, 2.24) is 9.97 Å². The van der Waals surface area contributed by atoms with Gasteiger partial charge in [0.05, 0.1) is 17.0 Å². The molecule has 2 aromatic rings. The van der Waals surface area contributed by atoms with Crippen LogP contribution in [-0.2, 0) is 0 Å². The summed E-state index contributed by atoms with van der Waals surface area (Å²) in [4.78, 5) is 18.3. The summed E-state index contributed by atoms with van der Waals surface area (Å²) in [5.41, 5.74) is 1.01. The van der Waals surface area contributed by atoms with Gasteiger partial charge in [-0.2, -0.15) is 0 Å². The minimum Gasteiger partial charge on any atom is -0.363 e. The van der Waals surface area contributed by atoms with Gasteiger partial charge < -0.3 is 5.32 Å². The first-order valence-corrected chi connectivity index (χ1v) is 5.44. The Hall–Kier alpha value is -2.50. The third-order valence-corrected chi connectivity index (χ3v) is 2.50. The highest BCUT2D eigenvalue weighted by molar-refractivity contribution is 5.45. The Labute approximate surface area is 104 Å². The van der Waals surface area contributed by atoms with E-state index in [2.05, 4.69) is 15.3 Å². The molecule has 1 N–H and O–H groups in total. The number of nitrogens with one attached hydrogen (secondary N) is 1. The van der Waals surface area contributed by atoms with Gasteiger partial charge in [0.25, 0.3) is 5.69 Å². The van der Waals surface area contributed by atoms with Crippen LogP contribution in [-0.4, -0.2) is 14.9 Å². The summed E-state index contributed by atoms with van der Waals surface area (Å²) in [6.45, 7) is 1.94. The Morgan fingerprint density at radius 2 is 2.22 bits per heavy atom. The molecule has 0 aromatic carbocycles. The summed E-state index contributed by atoms with van der Waals surface area (Å²) in [5, 5.41) is 13.7. The average Bonchev–Trinajstić information content (AvgIpc) is 2.40. The molecule has 0 amide bonds. The van der Waals surface area contributed by atoms with E-state index in [0.717, 1.165) is 5.56 Å². The van der Waals surface area contributed by atoms with Crippen LogP contribution in [0.4, 0.5) is 11.5 Å². The number of pyridine rings is 2. The zero-order valence-corrected chi connectivity index (χ0v) is 9.78. The molecule has 92 valence electrons. The second-order valence-corrected chi connectivity index (χ2v) is 3.81. The zero-order valence-electron chi connectivity index (χ0n) is 9.78. The third-order valence-electron chi connectivity index (χ3n) is 2.50. The fourth-order valence-electron chi connectivity index (χ4n) is 1.55. The molecular formula is C12H12N4O2. The van der Waals surface area contributed by atoms with E-state index in [-0.39, 0.29) is 11.7 Å². The highest BCUT2D eigenvalue weighted by Gasteiger charge is 2.10. The van der Waals surface area contributed by atoms with Gasteiger partial charge >= 0.3 is 0 Å². The zero-order chi connectivity index (χ0) is 13.0. The number of rotatable bonds is 4. The fraction of sp³-hybridized carbons (Fsp3) is 0.167. The number of nitro groups is 1. The Morgan fingerprint density at radius 1 is 1.39 bits per heavy atom. The Balaban J connectivity index is 2.14. The predicted octanol–water partition coefficient (Wildman–Crippen LogP) is 2.56. The normalized spacial score (nSPS) is 11.8. The Bertz CT molecular complexity index is 545. The molecule has 0 radical (unpaired) electrons. The number of hydrogen-bond acceptors (Lipinski definition) is 5. The molecule has 0 saturated carbocycles. The van der Waals surface area contributed by atoms with E-state index in [0.29, 0.717) is 5.82 Å². The van der Waals surface area contributed by atoms with Crippen molar-refractivity contribution in [3.05, 3.63) is 58.5 Å². The fourth-order valence-corrected chi connectivity index (χ4v) is 1.55. The van der Waals surface area contributed by atoms with Crippen molar-refractivity contribution >= 4 is 11.5 Å². The van der Waals surface area contributed by atoms with Crippen molar-refractivity contribution in [3.8, 4) is 0 Å². The minimum atomic E-state index is -0.443. The molecular weight excluding hydrogens is 232 g/mol. The van der Waals surface area contributed by atoms with E-state index in [4.69, 9.17) is 0 Å². The quantitative estimate of drug-likeness (QED) is 0.660. The van der Waals surface area contributed by atoms with Crippen molar-refractivity contribution in [2.45, 2.75) is 13.0 Å². The molecule has 6 nitrogen and oxygen atoms in total. The van der Waals surface area contributed by atoms with Crippen LogP contribution in [0.25, 0.3) is 0 Å². The van der Waals surface area contributed by atoms with Crippen molar-refractivity contribution in [3.63, 3.8) is 0 Å². The number of hydrogen-bond donors (Lipinski definition) is 1. The monoisotopic (exact) mass is 244 g/mol. The Kier molecular flexibility index (Phi) is 3.47. The van der Waals surface area contributed by atoms with E-state index in [1.54, 1.807) is 12.4 Å². The lowest BCUT2D eigenvalue weighted by atomic mass is 10.1. The van der Waals surface area contributed by atoms with Gasteiger partial charge in [-0.25, -0.2) is 4.98 Å². The first-order valence-electron chi connectivity index (χ1n) is 5.44. The van der Waals surface area contributed by atoms with Crippen LogP contribution < -0.4 is 5.32 Å². The van der Waals surface area contributed by atoms with E-state index < -0.39 is 4.92 Å². The van der Waals surface area contributed by atoms with Crippen LogP contribution in [0.2, 0.25) is 0 Å². The van der Waals surface area contributed by atoms with Crippen LogP contribution in [0.15, 0.2) is 42.9 Å². The van der Waals surface area contributed by atoms with Gasteiger partial charge in [-0.15, -0.1) is 0 Å². The molecule has 0 saturated heterocycles. The Morgan fingerprint density at radius 3 is 2.89 bits per heavy atom. The van der Waals surface area contributed by atoms with Crippen molar-refractivity contribution in [1.29, 1.82) is 0 Å². The van der Waals surface area contributed by atoms with Gasteiger partial charge in [-0.3, -0.25) is 15.1 Å². The number of anilines is 1. The second-order valence-electron chi connectivity index (χ2n) is 3.81. The molecule has 0 aliphatic carbocycles. The highest BCUT2D eigenvalue weighted by atomic mass is 16.6. The van der Waals surface area contributed by atoms with Crippen LogP contribution in [0, 0.1) is 10.1 Å². The van der Waals surface area contributed by atoms with Crippen molar-refractivity contribution in [2.24, 2.45) is 0 Å². The largest absolute Gasteiger partial charge is 0.363 e. The molecule has 0 bridgehead atoms. The van der Waals surface area contributed by atoms with Gasteiger partial charge in [0, 0.05) is 24.7 Å². The first-order chi connectivity index (χ1) is 8.66. The molecule has 1 unspecified atom stereocenters. The summed E-state index contributed by atoms with van der Waals surface area (Å²) >= 11 is 0. The molecule has 2 aromatic heterocycles. The maximum Gasteiger partial charge on any atom is 0.274 e. The molecule has 18 heavy (non-hydrogen) atoms. The lowest BCUT2D eigenvalue weighted by Gasteiger charge is -2.13. The van der Waals surface area contributed by atoms with Gasteiger partial charge in [0.1, 0.15) is 5.82 Å². The summed E-state index contributed by atoms with van der Waals surface area (Å²) < 4.78 is 0. The lowest BCUT2D eigenvalue weighted by Crippen LogP contribution is -2.08. The molecule has 1 atom stereocenters. The minimum absolute atomic E-state index is 0.0193. The van der Waals surface area contributed by atoms with Gasteiger partial charge in [0.2, 0.25) is 0 Å². The topological polar surface area (TPSA) is 81.0 Å². The summed E-state index contributed by atoms with van der Waals surface area (Å²) in [6.07, 6.45) is 4.85. The van der Waals surface area contributed by atoms with Gasteiger partial charge in [0.15, 0.2) is 0 Å². The van der Waals surface area contributed by atoms with Crippen molar-refractivity contribution < 1.29 is 4.92 Å². The highest BCUT2D eigenvalue weighted by Crippen LogP contribution is 2.19. The van der Waals surface area contributed by atoms with Gasteiger partial charge in [-0.1, -0.05) is 6.07 Å².